The molecule has 0 radical (unpaired) electrons. The molecule has 19 nitrogen and oxygen atoms in total. The van der Waals surface area contributed by atoms with Crippen molar-refractivity contribution in [3.8, 4) is 0 Å². The van der Waals surface area contributed by atoms with Crippen molar-refractivity contribution in [2.75, 3.05) is 24.7 Å². The summed E-state index contributed by atoms with van der Waals surface area (Å²) in [4.78, 5) is 45.8. The van der Waals surface area contributed by atoms with Crippen LogP contribution in [0.3, 0.4) is 0 Å². The van der Waals surface area contributed by atoms with Gasteiger partial charge >= 0.3 is 7.82 Å². The Hall–Kier alpha value is -3.55. The minimum Gasteiger partial charge on any atom is -0.388 e. The van der Waals surface area contributed by atoms with Crippen LogP contribution in [0, 0.1) is 0 Å². The summed E-state index contributed by atoms with van der Waals surface area (Å²) >= 11 is 0. The molecule has 218 valence electrons. The van der Waals surface area contributed by atoms with Crippen LogP contribution in [0.4, 0.5) is 11.8 Å². The lowest BCUT2D eigenvalue weighted by atomic mass is 10.1. The molecule has 0 aromatic carbocycles. The summed E-state index contributed by atoms with van der Waals surface area (Å²) < 4.78 is 45.1. The SMILES string of the molecule is Nc1nc2c(ncn2C2OC3C[C@@H]2OP(=O)(O)OCC2O[C@@H](n4cnc5c(N)ncnc54)C[C@H]2OCC3O)c(=O)[nH]1. The Morgan fingerprint density at radius 2 is 1.76 bits per heavy atom. The molecule has 0 aliphatic carbocycles. The highest BCUT2D eigenvalue weighted by molar-refractivity contribution is 7.47. The van der Waals surface area contributed by atoms with E-state index in [0.717, 1.165) is 0 Å². The van der Waals surface area contributed by atoms with Gasteiger partial charge in [-0.2, -0.15) is 4.98 Å². The Bertz CT molecular complexity index is 1730. The largest absolute Gasteiger partial charge is 0.472 e. The summed E-state index contributed by atoms with van der Waals surface area (Å²) in [5.41, 5.74) is 11.9. The van der Waals surface area contributed by atoms with Crippen LogP contribution in [0.15, 0.2) is 23.8 Å². The van der Waals surface area contributed by atoms with Crippen LogP contribution in [0.25, 0.3) is 22.3 Å². The van der Waals surface area contributed by atoms with Gasteiger partial charge in [-0.1, -0.05) is 0 Å². The molecule has 0 spiro atoms. The Labute approximate surface area is 229 Å². The molecule has 3 aliphatic rings. The Morgan fingerprint density at radius 1 is 0.951 bits per heavy atom. The third-order valence-electron chi connectivity index (χ3n) is 7.28. The molecular weight excluding hydrogens is 567 g/mol. The lowest BCUT2D eigenvalue weighted by molar-refractivity contribution is -0.109. The quantitative estimate of drug-likeness (QED) is 0.174. The summed E-state index contributed by atoms with van der Waals surface area (Å²) in [6.45, 7) is -0.509. The van der Waals surface area contributed by atoms with Crippen LogP contribution in [-0.2, 0) is 27.8 Å². The highest BCUT2D eigenvalue weighted by atomic mass is 31.2. The van der Waals surface area contributed by atoms with Gasteiger partial charge in [0.1, 0.15) is 36.4 Å². The Balaban J connectivity index is 1.15. The number of nitrogens with zero attached hydrogens (tertiary/aromatic N) is 7. The predicted molar refractivity (Wildman–Crippen MR) is 136 cm³/mol. The minimum absolute atomic E-state index is 0.00315. The number of anilines is 2. The molecule has 3 saturated heterocycles. The van der Waals surface area contributed by atoms with E-state index >= 15 is 0 Å². The number of imidazole rings is 2. The van der Waals surface area contributed by atoms with E-state index in [2.05, 4.69) is 29.9 Å². The van der Waals surface area contributed by atoms with Gasteiger partial charge in [0, 0.05) is 12.8 Å². The van der Waals surface area contributed by atoms with E-state index in [-0.39, 0.29) is 49.0 Å². The molecule has 41 heavy (non-hydrogen) atoms. The number of phosphoric acid groups is 1. The molecule has 7 N–H and O–H groups in total. The summed E-state index contributed by atoms with van der Waals surface area (Å²) in [5, 5.41) is 11.0. The number of aromatic nitrogens is 8. The second kappa shape index (κ2) is 9.78. The number of H-pyrrole nitrogens is 1. The summed E-state index contributed by atoms with van der Waals surface area (Å²) in [7, 11) is -4.70. The van der Waals surface area contributed by atoms with E-state index in [0.29, 0.717) is 11.2 Å². The van der Waals surface area contributed by atoms with Crippen molar-refractivity contribution in [3.05, 3.63) is 29.3 Å². The zero-order valence-electron chi connectivity index (χ0n) is 21.1. The number of rotatable bonds is 2. The van der Waals surface area contributed by atoms with Crippen molar-refractivity contribution in [1.82, 2.24) is 39.0 Å². The molecule has 3 aliphatic heterocycles. The third kappa shape index (κ3) is 4.65. The van der Waals surface area contributed by atoms with E-state index in [4.69, 9.17) is 34.7 Å². The van der Waals surface area contributed by atoms with Crippen molar-refractivity contribution in [2.24, 2.45) is 0 Å². The van der Waals surface area contributed by atoms with Gasteiger partial charge in [0.05, 0.1) is 38.1 Å². The summed E-state index contributed by atoms with van der Waals surface area (Å²) in [6.07, 6.45) is -1.92. The topological polar surface area (TPSA) is 263 Å². The number of hydrogen-bond acceptors (Lipinski definition) is 15. The Kier molecular flexibility index (Phi) is 6.28. The molecule has 20 heteroatoms. The fraction of sp³-hybridized carbons (Fsp3) is 0.524. The number of nitrogens with two attached hydrogens (primary N) is 2. The normalized spacial score (nSPS) is 34.4. The van der Waals surface area contributed by atoms with Crippen molar-refractivity contribution >= 4 is 41.9 Å². The van der Waals surface area contributed by atoms with Gasteiger partial charge in [0.25, 0.3) is 5.56 Å². The number of nitrogens with one attached hydrogen (secondary N) is 1. The zero-order chi connectivity index (χ0) is 28.5. The van der Waals surface area contributed by atoms with Crippen molar-refractivity contribution in [3.63, 3.8) is 0 Å². The van der Waals surface area contributed by atoms with Crippen LogP contribution in [0.5, 0.6) is 0 Å². The molecule has 3 fully saturated rings. The fourth-order valence-corrected chi connectivity index (χ4v) is 6.29. The minimum atomic E-state index is -4.70. The van der Waals surface area contributed by atoms with E-state index in [9.17, 15) is 19.4 Å². The Morgan fingerprint density at radius 3 is 2.61 bits per heavy atom. The number of hydrogen-bond donors (Lipinski definition) is 5. The fourth-order valence-electron chi connectivity index (χ4n) is 5.36. The first-order valence-corrected chi connectivity index (χ1v) is 14.1. The van der Waals surface area contributed by atoms with Gasteiger partial charge in [-0.25, -0.2) is 24.5 Å². The summed E-state index contributed by atoms with van der Waals surface area (Å²) in [6, 6.07) is 0. The molecule has 0 saturated carbocycles. The van der Waals surface area contributed by atoms with Crippen LogP contribution in [0.2, 0.25) is 0 Å². The number of aromatic amines is 1. The lowest BCUT2D eigenvalue weighted by Gasteiger charge is -2.25. The first-order chi connectivity index (χ1) is 19.7. The molecule has 0 amide bonds. The van der Waals surface area contributed by atoms with Crippen molar-refractivity contribution in [1.29, 1.82) is 0 Å². The van der Waals surface area contributed by atoms with Crippen LogP contribution >= 0.6 is 7.82 Å². The summed E-state index contributed by atoms with van der Waals surface area (Å²) in [5.74, 6) is 0.0543. The van der Waals surface area contributed by atoms with Crippen molar-refractivity contribution < 1.29 is 37.8 Å². The number of nitrogen functional groups attached to an aromatic ring is 2. The smallest absolute Gasteiger partial charge is 0.388 e. The highest BCUT2D eigenvalue weighted by Crippen LogP contribution is 2.50. The molecule has 4 aromatic heterocycles. The van der Waals surface area contributed by atoms with Gasteiger partial charge in [-0.15, -0.1) is 0 Å². The first-order valence-electron chi connectivity index (χ1n) is 12.6. The van der Waals surface area contributed by atoms with E-state index in [1.165, 1.54) is 23.5 Å². The first kappa shape index (κ1) is 26.4. The average molecular weight is 592 g/mol. The van der Waals surface area contributed by atoms with Gasteiger partial charge in [0.2, 0.25) is 5.95 Å². The number of ether oxygens (including phenoxy) is 3. The second-order valence-corrected chi connectivity index (χ2v) is 11.3. The molecule has 8 atom stereocenters. The molecule has 7 heterocycles. The van der Waals surface area contributed by atoms with Gasteiger partial charge in [0.15, 0.2) is 28.9 Å². The molecular formula is C21H25N10O9P. The second-order valence-electron chi connectivity index (χ2n) is 9.87. The standard InChI is InChI=1S/C21H25N10O9P/c22-16-14-17(25-5-24-16)30(6-26-14)13-2-10-12(38-13)4-37-41(34,35)40-11-1-9(8(32)3-36-10)39-20(11)31-7-27-15-18(31)28-21(23)29-19(15)33/h5-13,20,32H,1-4H2,(H,34,35)(H2,22,24,25)(H3,23,28,29,33)/t8?,9?,10-,11+,12?,13-,20?/m1/s1. The predicted octanol–water partition coefficient (Wildman–Crippen LogP) is -1.04. The van der Waals surface area contributed by atoms with Gasteiger partial charge in [-0.05, 0) is 0 Å². The highest BCUT2D eigenvalue weighted by Gasteiger charge is 2.47. The van der Waals surface area contributed by atoms with Crippen LogP contribution < -0.4 is 17.0 Å². The van der Waals surface area contributed by atoms with E-state index in [1.807, 2.05) is 0 Å². The number of aliphatic hydroxyl groups excluding tert-OH is 1. The van der Waals surface area contributed by atoms with Gasteiger partial charge in [-0.3, -0.25) is 28.0 Å². The van der Waals surface area contributed by atoms with Gasteiger partial charge < -0.3 is 35.7 Å². The zero-order valence-corrected chi connectivity index (χ0v) is 22.0. The molecule has 5 unspecified atom stereocenters. The molecule has 4 aromatic rings. The monoisotopic (exact) mass is 592 g/mol. The molecule has 2 bridgehead atoms. The number of aliphatic hydroxyl groups is 1. The maximum absolute atomic E-state index is 13.1. The van der Waals surface area contributed by atoms with Crippen molar-refractivity contribution in [2.45, 2.75) is 55.8 Å². The average Bonchev–Trinajstić information content (AvgIpc) is 3.70. The maximum Gasteiger partial charge on any atom is 0.472 e. The maximum atomic E-state index is 13.1. The lowest BCUT2D eigenvalue weighted by Crippen LogP contribution is -2.36. The number of fused-ring (bicyclic) bond motifs is 5. The molecule has 7 rings (SSSR count). The van der Waals surface area contributed by atoms with Crippen LogP contribution in [0.1, 0.15) is 25.3 Å². The van der Waals surface area contributed by atoms with E-state index < -0.39 is 56.4 Å². The number of phosphoric ester groups is 1. The third-order valence-corrected chi connectivity index (χ3v) is 8.29. The van der Waals surface area contributed by atoms with E-state index in [1.54, 1.807) is 4.57 Å². The van der Waals surface area contributed by atoms with Crippen LogP contribution in [-0.4, -0.2) is 92.8 Å².